The number of carbonyl (C=O) groups excluding carboxylic acids is 1. The number of halogens is 2. The van der Waals surface area contributed by atoms with Gasteiger partial charge in [0, 0.05) is 16.4 Å². The van der Waals surface area contributed by atoms with E-state index in [0.717, 1.165) is 31.4 Å². The highest BCUT2D eigenvalue weighted by atomic mass is 127. The first-order valence-corrected chi connectivity index (χ1v) is 9.59. The fourth-order valence-corrected chi connectivity index (χ4v) is 4.22. The van der Waals surface area contributed by atoms with Crippen LogP contribution in [0.2, 0.25) is 0 Å². The molecule has 5 heteroatoms. The van der Waals surface area contributed by atoms with Gasteiger partial charge in [0.25, 0.3) is 5.91 Å². The van der Waals surface area contributed by atoms with Crippen molar-refractivity contribution in [3.63, 3.8) is 0 Å². The Morgan fingerprint density at radius 3 is 2.71 bits per heavy atom. The topological polar surface area (TPSA) is 20.3 Å². The molecule has 1 aromatic heterocycles. The summed E-state index contributed by atoms with van der Waals surface area (Å²) >= 11 is 7.45. The largest absolute Gasteiger partial charge is 0.332 e. The number of hydrogen-bond acceptors (Lipinski definition) is 2. The number of nitrogens with zero attached hydrogens (tertiary/aromatic N) is 1. The van der Waals surface area contributed by atoms with Crippen LogP contribution in [0.1, 0.15) is 42.2 Å². The summed E-state index contributed by atoms with van der Waals surface area (Å²) in [5.41, 5.74) is 1.93. The normalized spacial score (nSPS) is 12.2. The van der Waals surface area contributed by atoms with Crippen LogP contribution in [0, 0.1) is 2.88 Å². The van der Waals surface area contributed by atoms with E-state index in [4.69, 9.17) is 0 Å². The molecule has 1 aromatic carbocycles. The second-order valence-electron chi connectivity index (χ2n) is 4.84. The summed E-state index contributed by atoms with van der Waals surface area (Å²) in [7, 11) is 0. The van der Waals surface area contributed by atoms with E-state index in [1.54, 1.807) is 11.3 Å². The van der Waals surface area contributed by atoms with Gasteiger partial charge in [-0.25, -0.2) is 0 Å². The van der Waals surface area contributed by atoms with Crippen LogP contribution in [0.3, 0.4) is 0 Å². The Labute approximate surface area is 151 Å². The average Bonchev–Trinajstić information content (AvgIpc) is 2.90. The molecule has 0 N–H and O–H groups in total. The van der Waals surface area contributed by atoms with Crippen molar-refractivity contribution in [2.45, 2.75) is 26.3 Å². The van der Waals surface area contributed by atoms with E-state index in [0.29, 0.717) is 0 Å². The molecule has 2 nitrogen and oxygen atoms in total. The van der Waals surface area contributed by atoms with Crippen LogP contribution in [-0.2, 0) is 0 Å². The highest BCUT2D eigenvalue weighted by molar-refractivity contribution is 14.1. The smallest absolute Gasteiger partial charge is 0.255 e. The van der Waals surface area contributed by atoms with Gasteiger partial charge in [-0.1, -0.05) is 41.1 Å². The highest BCUT2D eigenvalue weighted by Crippen LogP contribution is 2.29. The first-order chi connectivity index (χ1) is 10.0. The zero-order valence-electron chi connectivity index (χ0n) is 12.0. The third-order valence-electron chi connectivity index (χ3n) is 3.36. The monoisotopic (exact) mass is 477 g/mol. The lowest BCUT2D eigenvalue weighted by molar-refractivity contribution is 0.0690. The minimum absolute atomic E-state index is 0.0468. The average molecular weight is 478 g/mol. The van der Waals surface area contributed by atoms with Crippen LogP contribution in [0.4, 0.5) is 0 Å². The molecule has 112 valence electrons. The molecule has 1 atom stereocenters. The van der Waals surface area contributed by atoms with E-state index >= 15 is 0 Å². The summed E-state index contributed by atoms with van der Waals surface area (Å²) in [5, 5.41) is 1.94. The molecular formula is C16H17BrINOS. The summed E-state index contributed by atoms with van der Waals surface area (Å²) in [4.78, 5) is 14.7. The molecule has 1 heterocycles. The second-order valence-corrected chi connectivity index (χ2v) is 8.50. The zero-order valence-corrected chi connectivity index (χ0v) is 16.5. The van der Waals surface area contributed by atoms with Gasteiger partial charge in [0.05, 0.1) is 14.5 Å². The summed E-state index contributed by atoms with van der Waals surface area (Å²) in [6, 6.07) is 10.1. The van der Waals surface area contributed by atoms with Crippen LogP contribution in [-0.4, -0.2) is 17.4 Å². The van der Waals surface area contributed by atoms with Crippen molar-refractivity contribution >= 4 is 55.8 Å². The lowest BCUT2D eigenvalue weighted by Crippen LogP contribution is -2.34. The van der Waals surface area contributed by atoms with E-state index in [1.807, 2.05) is 34.5 Å². The highest BCUT2D eigenvalue weighted by Gasteiger charge is 2.23. The number of hydrogen-bond donors (Lipinski definition) is 0. The Balaban J connectivity index is 2.30. The van der Waals surface area contributed by atoms with Gasteiger partial charge in [-0.2, -0.15) is 0 Å². The zero-order chi connectivity index (χ0) is 15.4. The molecule has 0 aliphatic heterocycles. The number of rotatable bonds is 5. The third-order valence-corrected chi connectivity index (χ3v) is 5.87. The minimum atomic E-state index is 0.0468. The van der Waals surface area contributed by atoms with Crippen molar-refractivity contribution < 1.29 is 4.79 Å². The minimum Gasteiger partial charge on any atom is -0.332 e. The first-order valence-electron chi connectivity index (χ1n) is 6.84. The molecule has 0 radical (unpaired) electrons. The predicted octanol–water partition coefficient (Wildman–Crippen LogP) is 5.73. The Morgan fingerprint density at radius 1 is 1.43 bits per heavy atom. The van der Waals surface area contributed by atoms with Gasteiger partial charge in [0.2, 0.25) is 0 Å². The summed E-state index contributed by atoms with van der Waals surface area (Å²) in [6.07, 6.45) is 0.946. The molecular weight excluding hydrogens is 461 g/mol. The van der Waals surface area contributed by atoms with E-state index < -0.39 is 0 Å². The number of carbonyl (C=O) groups is 1. The van der Waals surface area contributed by atoms with Crippen molar-refractivity contribution in [2.75, 3.05) is 6.54 Å². The summed E-state index contributed by atoms with van der Waals surface area (Å²) in [5.74, 6) is 0.110. The first kappa shape index (κ1) is 17.0. The molecule has 1 unspecified atom stereocenters. The van der Waals surface area contributed by atoms with Crippen LogP contribution in [0.25, 0.3) is 0 Å². The quantitative estimate of drug-likeness (QED) is 0.503. The standard InChI is InChI=1S/C16H17BrINOS/c1-3-8-19(16(20)12-9-15(18)21-10-12)11(2)13-6-4-5-7-14(13)17/h4-7,9-11H,3,8H2,1-2H3. The lowest BCUT2D eigenvalue weighted by Gasteiger charge is -2.29. The summed E-state index contributed by atoms with van der Waals surface area (Å²) < 4.78 is 2.19. The molecule has 0 spiro atoms. The number of amides is 1. The van der Waals surface area contributed by atoms with Gasteiger partial charge in [0.15, 0.2) is 0 Å². The van der Waals surface area contributed by atoms with Crippen LogP contribution < -0.4 is 0 Å². The van der Waals surface area contributed by atoms with Gasteiger partial charge < -0.3 is 4.90 Å². The van der Waals surface area contributed by atoms with E-state index in [9.17, 15) is 4.79 Å². The van der Waals surface area contributed by atoms with Crippen molar-refractivity contribution in [3.05, 3.63) is 54.2 Å². The number of benzene rings is 1. The Morgan fingerprint density at radius 2 is 2.14 bits per heavy atom. The molecule has 2 rings (SSSR count). The molecule has 2 aromatic rings. The Kier molecular flexibility index (Phi) is 6.25. The van der Waals surface area contributed by atoms with Crippen molar-refractivity contribution in [3.8, 4) is 0 Å². The van der Waals surface area contributed by atoms with E-state index in [1.165, 1.54) is 0 Å². The van der Waals surface area contributed by atoms with Crippen molar-refractivity contribution in [1.82, 2.24) is 4.90 Å². The Bertz CT molecular complexity index is 628. The molecule has 1 amide bonds. The molecule has 0 aliphatic carbocycles. The molecule has 0 saturated carbocycles. The van der Waals surface area contributed by atoms with Crippen molar-refractivity contribution in [2.24, 2.45) is 0 Å². The molecule has 0 fully saturated rings. The van der Waals surface area contributed by atoms with Gasteiger partial charge in [-0.05, 0) is 53.6 Å². The van der Waals surface area contributed by atoms with Crippen LogP contribution in [0.15, 0.2) is 40.2 Å². The summed E-state index contributed by atoms with van der Waals surface area (Å²) in [6.45, 7) is 4.95. The van der Waals surface area contributed by atoms with Gasteiger partial charge in [-0.3, -0.25) is 4.79 Å². The third kappa shape index (κ3) is 4.07. The van der Waals surface area contributed by atoms with Crippen LogP contribution >= 0.6 is 49.9 Å². The van der Waals surface area contributed by atoms with Gasteiger partial charge in [0.1, 0.15) is 0 Å². The second kappa shape index (κ2) is 7.74. The predicted molar refractivity (Wildman–Crippen MR) is 101 cm³/mol. The maximum absolute atomic E-state index is 12.8. The van der Waals surface area contributed by atoms with Gasteiger partial charge >= 0.3 is 0 Å². The molecule has 0 aliphatic rings. The molecule has 21 heavy (non-hydrogen) atoms. The van der Waals surface area contributed by atoms with E-state index in [-0.39, 0.29) is 11.9 Å². The maximum Gasteiger partial charge on any atom is 0.255 e. The molecule has 0 bridgehead atoms. The van der Waals surface area contributed by atoms with Crippen molar-refractivity contribution in [1.29, 1.82) is 0 Å². The number of thiophene rings is 1. The van der Waals surface area contributed by atoms with E-state index in [2.05, 4.69) is 58.4 Å². The fraction of sp³-hybridized carbons (Fsp3) is 0.312. The molecule has 0 saturated heterocycles. The maximum atomic E-state index is 12.8. The fourth-order valence-electron chi connectivity index (χ4n) is 2.28. The SMILES string of the molecule is CCCN(C(=O)c1csc(I)c1)C(C)c1ccccc1Br. The van der Waals surface area contributed by atoms with Gasteiger partial charge in [-0.15, -0.1) is 11.3 Å². The Hall–Kier alpha value is -0.400. The van der Waals surface area contributed by atoms with Crippen LogP contribution in [0.5, 0.6) is 0 Å². The lowest BCUT2D eigenvalue weighted by atomic mass is 10.1.